The fraction of sp³-hybridized carbons (Fsp3) is 0.400. The first kappa shape index (κ1) is 12.7. The second kappa shape index (κ2) is 6.30. The van der Waals surface area contributed by atoms with Crippen LogP contribution in [0.15, 0.2) is 35.8 Å². The third kappa shape index (κ3) is 4.04. The van der Waals surface area contributed by atoms with Gasteiger partial charge in [0.2, 0.25) is 0 Å². The number of benzene rings is 1. The molecule has 1 rings (SSSR count). The summed E-state index contributed by atoms with van der Waals surface area (Å²) in [5.41, 5.74) is 6.59. The highest BCUT2D eigenvalue weighted by molar-refractivity contribution is 5.30. The van der Waals surface area contributed by atoms with Crippen molar-refractivity contribution in [1.29, 1.82) is 0 Å². The van der Waals surface area contributed by atoms with Gasteiger partial charge in [-0.05, 0) is 49.5 Å². The van der Waals surface area contributed by atoms with Crippen molar-refractivity contribution in [3.8, 4) is 0 Å². The topological polar surface area (TPSA) is 0 Å². The number of halogens is 1. The molecule has 16 heavy (non-hydrogen) atoms. The van der Waals surface area contributed by atoms with E-state index in [4.69, 9.17) is 0 Å². The molecule has 0 saturated heterocycles. The van der Waals surface area contributed by atoms with E-state index < -0.39 is 0 Å². The van der Waals surface area contributed by atoms with Crippen molar-refractivity contribution in [2.45, 2.75) is 40.0 Å². The first-order chi connectivity index (χ1) is 7.63. The van der Waals surface area contributed by atoms with Gasteiger partial charge in [-0.2, -0.15) is 0 Å². The maximum absolute atomic E-state index is 12.7. The third-order valence-electron chi connectivity index (χ3n) is 2.72. The van der Waals surface area contributed by atoms with Crippen LogP contribution in [-0.2, 0) is 6.42 Å². The number of allylic oxidation sites excluding steroid dienone is 1. The Morgan fingerprint density at radius 1 is 1.31 bits per heavy atom. The summed E-state index contributed by atoms with van der Waals surface area (Å²) in [7, 11) is 0. The number of hydrogen-bond acceptors (Lipinski definition) is 0. The van der Waals surface area contributed by atoms with E-state index in [1.165, 1.54) is 16.7 Å². The van der Waals surface area contributed by atoms with E-state index in [9.17, 15) is 4.39 Å². The van der Waals surface area contributed by atoms with E-state index in [2.05, 4.69) is 37.8 Å². The molecule has 0 heterocycles. The van der Waals surface area contributed by atoms with Crippen LogP contribution in [0.5, 0.6) is 0 Å². The van der Waals surface area contributed by atoms with Gasteiger partial charge in [0.05, 0.1) is 0 Å². The molecule has 0 fully saturated rings. The van der Waals surface area contributed by atoms with Gasteiger partial charge in [-0.1, -0.05) is 30.9 Å². The van der Waals surface area contributed by atoms with Crippen LogP contribution in [-0.4, -0.2) is 0 Å². The van der Waals surface area contributed by atoms with Gasteiger partial charge in [0, 0.05) is 6.42 Å². The molecule has 0 amide bonds. The molecule has 0 spiro atoms. The zero-order chi connectivity index (χ0) is 12.0. The molecule has 1 heteroatoms. The van der Waals surface area contributed by atoms with E-state index in [0.717, 1.165) is 12.8 Å². The molecule has 0 nitrogen and oxygen atoms in total. The fourth-order valence-electron chi connectivity index (χ4n) is 1.48. The summed E-state index contributed by atoms with van der Waals surface area (Å²) < 4.78 is 12.7. The first-order valence-electron chi connectivity index (χ1n) is 5.79. The van der Waals surface area contributed by atoms with Crippen molar-refractivity contribution in [2.75, 3.05) is 0 Å². The first-order valence-corrected chi connectivity index (χ1v) is 5.79. The Kier molecular flexibility index (Phi) is 5.01. The molecule has 1 aromatic rings. The molecule has 0 bridgehead atoms. The van der Waals surface area contributed by atoms with E-state index in [1.807, 2.05) is 0 Å². The van der Waals surface area contributed by atoms with Gasteiger partial charge >= 0.3 is 0 Å². The van der Waals surface area contributed by atoms with Crippen LogP contribution >= 0.6 is 0 Å². The molecule has 0 atom stereocenters. The second-order valence-corrected chi connectivity index (χ2v) is 4.06. The fourth-order valence-corrected chi connectivity index (χ4v) is 1.48. The van der Waals surface area contributed by atoms with Crippen LogP contribution in [0.4, 0.5) is 4.39 Å². The molecule has 0 saturated carbocycles. The highest BCUT2D eigenvalue weighted by Gasteiger charge is 1.95. The lowest BCUT2D eigenvalue weighted by Gasteiger charge is -2.03. The summed E-state index contributed by atoms with van der Waals surface area (Å²) in [5, 5.41) is 0. The Labute approximate surface area is 97.5 Å². The summed E-state index contributed by atoms with van der Waals surface area (Å²) in [5.74, 6) is -0.167. The Morgan fingerprint density at radius 3 is 2.69 bits per heavy atom. The van der Waals surface area contributed by atoms with Gasteiger partial charge in [0.25, 0.3) is 0 Å². The number of hydrogen-bond donors (Lipinski definition) is 0. The van der Waals surface area contributed by atoms with Gasteiger partial charge in [-0.15, -0.1) is 0 Å². The molecule has 0 aliphatic rings. The molecular weight excluding hydrogens is 199 g/mol. The van der Waals surface area contributed by atoms with Gasteiger partial charge in [-0.25, -0.2) is 4.39 Å². The van der Waals surface area contributed by atoms with Crippen molar-refractivity contribution < 1.29 is 4.39 Å². The van der Waals surface area contributed by atoms with Crippen LogP contribution in [0.25, 0.3) is 0 Å². The SMILES string of the molecule is CCC(F)=C=CCCc1ccc(C)c(C)c1. The highest BCUT2D eigenvalue weighted by atomic mass is 19.1. The molecular formula is C15H19F. The van der Waals surface area contributed by atoms with Crippen LogP contribution < -0.4 is 0 Å². The zero-order valence-electron chi connectivity index (χ0n) is 10.3. The van der Waals surface area contributed by atoms with Crippen LogP contribution in [0.3, 0.4) is 0 Å². The summed E-state index contributed by atoms with van der Waals surface area (Å²) in [6.07, 6.45) is 4.01. The molecule has 0 aromatic heterocycles. The van der Waals surface area contributed by atoms with Crippen LogP contribution in [0, 0.1) is 13.8 Å². The van der Waals surface area contributed by atoms with Crippen molar-refractivity contribution in [1.82, 2.24) is 0 Å². The molecule has 86 valence electrons. The molecule has 1 aromatic carbocycles. The summed E-state index contributed by atoms with van der Waals surface area (Å²) in [6.45, 7) is 6.02. The van der Waals surface area contributed by atoms with Gasteiger partial charge in [0.15, 0.2) is 0 Å². The third-order valence-corrected chi connectivity index (χ3v) is 2.72. The average Bonchev–Trinajstić information content (AvgIpc) is 2.28. The Balaban J connectivity index is 2.56. The lowest BCUT2D eigenvalue weighted by Crippen LogP contribution is -1.87. The quantitative estimate of drug-likeness (QED) is 0.645. The van der Waals surface area contributed by atoms with Crippen LogP contribution in [0.1, 0.15) is 36.5 Å². The number of aryl methyl sites for hydroxylation is 3. The Bertz CT molecular complexity index is 409. The van der Waals surface area contributed by atoms with Crippen LogP contribution in [0.2, 0.25) is 0 Å². The lowest BCUT2D eigenvalue weighted by atomic mass is 10.0. The average molecular weight is 218 g/mol. The van der Waals surface area contributed by atoms with E-state index >= 15 is 0 Å². The Morgan fingerprint density at radius 2 is 2.06 bits per heavy atom. The summed E-state index contributed by atoms with van der Waals surface area (Å²) in [6, 6.07) is 6.47. The van der Waals surface area contributed by atoms with Crippen molar-refractivity contribution in [3.05, 3.63) is 52.5 Å². The van der Waals surface area contributed by atoms with Crippen molar-refractivity contribution in [3.63, 3.8) is 0 Å². The highest BCUT2D eigenvalue weighted by Crippen LogP contribution is 2.11. The molecule has 0 radical (unpaired) electrons. The number of rotatable bonds is 4. The maximum Gasteiger partial charge on any atom is 0.141 e. The minimum absolute atomic E-state index is 0.167. The van der Waals surface area contributed by atoms with Gasteiger partial charge < -0.3 is 0 Å². The van der Waals surface area contributed by atoms with Gasteiger partial charge in [0.1, 0.15) is 5.83 Å². The van der Waals surface area contributed by atoms with Gasteiger partial charge in [-0.3, -0.25) is 0 Å². The van der Waals surface area contributed by atoms with Crippen molar-refractivity contribution >= 4 is 0 Å². The summed E-state index contributed by atoms with van der Waals surface area (Å²) >= 11 is 0. The molecule has 0 aliphatic carbocycles. The smallest absolute Gasteiger partial charge is 0.141 e. The zero-order valence-corrected chi connectivity index (χ0v) is 10.3. The van der Waals surface area contributed by atoms with E-state index in [-0.39, 0.29) is 5.83 Å². The predicted molar refractivity (Wildman–Crippen MR) is 67.2 cm³/mol. The maximum atomic E-state index is 12.7. The Hall–Kier alpha value is -1.33. The minimum atomic E-state index is -0.167. The molecule has 0 aliphatic heterocycles. The molecule has 0 N–H and O–H groups in total. The summed E-state index contributed by atoms with van der Waals surface area (Å²) in [4.78, 5) is 0. The predicted octanol–water partition coefficient (Wildman–Crippen LogP) is 4.65. The standard InChI is InChI=1S/C15H19F/c1-4-15(16)8-6-5-7-14-10-9-12(2)13(3)11-14/h6,9-11H,4-5,7H2,1-3H3. The minimum Gasteiger partial charge on any atom is -0.203 e. The van der Waals surface area contributed by atoms with E-state index in [1.54, 1.807) is 13.0 Å². The monoisotopic (exact) mass is 218 g/mol. The largest absolute Gasteiger partial charge is 0.203 e. The molecule has 0 unspecified atom stereocenters. The second-order valence-electron chi connectivity index (χ2n) is 4.06. The lowest BCUT2D eigenvalue weighted by molar-refractivity contribution is 0.606. The normalized spacial score (nSPS) is 9.75. The van der Waals surface area contributed by atoms with Crippen molar-refractivity contribution in [2.24, 2.45) is 0 Å². The van der Waals surface area contributed by atoms with E-state index in [0.29, 0.717) is 6.42 Å².